The number of nitrogens with one attached hydrogen (secondary N) is 2. The number of pyridine rings is 1. The van der Waals surface area contributed by atoms with Crippen molar-refractivity contribution in [2.45, 2.75) is 49.5 Å². The number of aromatic amines is 1. The minimum Gasteiger partial charge on any atom is -0.503 e. The molecule has 0 saturated carbocycles. The van der Waals surface area contributed by atoms with E-state index in [-0.39, 0.29) is 16.9 Å². The van der Waals surface area contributed by atoms with E-state index in [1.54, 1.807) is 22.7 Å². The second-order valence-corrected chi connectivity index (χ2v) is 11.0. The summed E-state index contributed by atoms with van der Waals surface area (Å²) in [5.74, 6) is -0.678. The van der Waals surface area contributed by atoms with Gasteiger partial charge in [0, 0.05) is 35.0 Å². The number of piperidine rings is 1. The van der Waals surface area contributed by atoms with Gasteiger partial charge in [0.05, 0.1) is 12.2 Å². The number of nitrogens with zero attached hydrogens (tertiary/aromatic N) is 1. The van der Waals surface area contributed by atoms with Gasteiger partial charge in [-0.15, -0.1) is 11.8 Å². The van der Waals surface area contributed by atoms with Crippen LogP contribution in [0.15, 0.2) is 64.4 Å². The molecule has 3 N–H and O–H groups in total. The van der Waals surface area contributed by atoms with E-state index in [1.807, 2.05) is 30.3 Å². The highest BCUT2D eigenvalue weighted by atomic mass is 32.2. The van der Waals surface area contributed by atoms with Gasteiger partial charge in [0.25, 0.3) is 5.91 Å². The van der Waals surface area contributed by atoms with Gasteiger partial charge >= 0.3 is 0 Å². The van der Waals surface area contributed by atoms with E-state index in [0.717, 1.165) is 22.4 Å². The Kier molecular flexibility index (Phi) is 6.19. The lowest BCUT2D eigenvalue weighted by Crippen LogP contribution is -2.56. The van der Waals surface area contributed by atoms with E-state index in [1.165, 1.54) is 18.3 Å². The maximum absolute atomic E-state index is 15.3. The van der Waals surface area contributed by atoms with Gasteiger partial charge in [-0.25, -0.2) is 4.39 Å². The van der Waals surface area contributed by atoms with Crippen molar-refractivity contribution in [1.82, 2.24) is 15.2 Å². The fourth-order valence-corrected chi connectivity index (χ4v) is 6.13. The minimum absolute atomic E-state index is 0.0579. The Balaban J connectivity index is 1.58. The Bertz CT molecular complexity index is 1340. The van der Waals surface area contributed by atoms with Crippen molar-refractivity contribution < 1.29 is 14.3 Å². The van der Waals surface area contributed by atoms with E-state index in [4.69, 9.17) is 0 Å². The number of fused-ring (bicyclic) bond motifs is 2. The number of halogens is 1. The zero-order chi connectivity index (χ0) is 24.7. The summed E-state index contributed by atoms with van der Waals surface area (Å²) < 4.78 is 15.3. The standard InChI is InChI=1S/C27H28FN3O3S/c1-27(2)11-13-31(26(34)24-25(33)19(32)10-12-29-24)21(14-27)30-23-17-7-3-4-9-20(17)35-15-16-6-5-8-18(28)22(16)23/h3-10,12,21,23,30,33H,11,13-15H2,1-2H3,(H,29,32)/t21-,23+/m0/s1. The highest BCUT2D eigenvalue weighted by Gasteiger charge is 2.39. The number of hydrogen-bond donors (Lipinski definition) is 3. The van der Waals surface area contributed by atoms with Crippen molar-refractivity contribution in [2.75, 3.05) is 6.54 Å². The summed E-state index contributed by atoms with van der Waals surface area (Å²) in [7, 11) is 0. The topological polar surface area (TPSA) is 85.4 Å². The first-order valence-electron chi connectivity index (χ1n) is 11.7. The molecule has 2 atom stereocenters. The van der Waals surface area contributed by atoms with Crippen LogP contribution in [-0.4, -0.2) is 33.6 Å². The second-order valence-electron chi connectivity index (χ2n) is 9.94. The highest BCUT2D eigenvalue weighted by Crippen LogP contribution is 2.42. The molecule has 5 rings (SSSR count). The zero-order valence-electron chi connectivity index (χ0n) is 19.7. The summed E-state index contributed by atoms with van der Waals surface area (Å²) in [5.41, 5.74) is 1.68. The molecular formula is C27H28FN3O3S. The number of aromatic hydroxyl groups is 1. The number of amides is 1. The van der Waals surface area contributed by atoms with Gasteiger partial charge in [0.15, 0.2) is 11.4 Å². The van der Waals surface area contributed by atoms with Crippen LogP contribution in [-0.2, 0) is 5.75 Å². The number of likely N-dealkylation sites (tertiary alicyclic amines) is 1. The normalized spacial score (nSPS) is 21.1. The van der Waals surface area contributed by atoms with E-state index in [9.17, 15) is 14.7 Å². The van der Waals surface area contributed by atoms with Crippen LogP contribution < -0.4 is 10.7 Å². The SMILES string of the molecule is CC1(C)CCN(C(=O)c2[nH]ccc(=O)c2O)[C@H](N[C@@H]2c3ccccc3SCc3cccc(F)c32)C1. The van der Waals surface area contributed by atoms with Crippen molar-refractivity contribution in [1.29, 1.82) is 0 Å². The lowest BCUT2D eigenvalue weighted by atomic mass is 9.80. The van der Waals surface area contributed by atoms with Crippen molar-refractivity contribution in [3.05, 3.63) is 93.2 Å². The summed E-state index contributed by atoms with van der Waals surface area (Å²) in [6.45, 7) is 4.74. The third-order valence-electron chi connectivity index (χ3n) is 6.96. The Labute approximate surface area is 207 Å². The smallest absolute Gasteiger partial charge is 0.275 e. The summed E-state index contributed by atoms with van der Waals surface area (Å²) in [4.78, 5) is 31.0. The van der Waals surface area contributed by atoms with Crippen LogP contribution in [0.5, 0.6) is 5.75 Å². The molecule has 0 radical (unpaired) electrons. The van der Waals surface area contributed by atoms with Gasteiger partial charge in [0.2, 0.25) is 5.43 Å². The Morgan fingerprint density at radius 1 is 1.20 bits per heavy atom. The van der Waals surface area contributed by atoms with Crippen molar-refractivity contribution in [3.63, 3.8) is 0 Å². The first-order chi connectivity index (χ1) is 16.7. The molecule has 1 fully saturated rings. The fourth-order valence-electron chi connectivity index (χ4n) is 5.04. The molecule has 8 heteroatoms. The van der Waals surface area contributed by atoms with E-state index in [0.29, 0.717) is 24.3 Å². The second kappa shape index (κ2) is 9.17. The molecule has 6 nitrogen and oxygen atoms in total. The average Bonchev–Trinajstić information content (AvgIpc) is 2.98. The number of carbonyl (C=O) groups is 1. The lowest BCUT2D eigenvalue weighted by molar-refractivity contribution is 0.0320. The maximum atomic E-state index is 15.3. The molecular weight excluding hydrogens is 465 g/mol. The molecule has 0 bridgehead atoms. The van der Waals surface area contributed by atoms with E-state index >= 15 is 4.39 Å². The molecule has 2 aromatic carbocycles. The molecule has 0 spiro atoms. The molecule has 1 amide bonds. The van der Waals surface area contributed by atoms with Gasteiger partial charge in [-0.1, -0.05) is 44.2 Å². The molecule has 35 heavy (non-hydrogen) atoms. The van der Waals surface area contributed by atoms with Gasteiger partial charge in [-0.05, 0) is 41.5 Å². The van der Waals surface area contributed by atoms with Crippen LogP contribution in [0.1, 0.15) is 59.9 Å². The van der Waals surface area contributed by atoms with Crippen LogP contribution in [0, 0.1) is 11.2 Å². The van der Waals surface area contributed by atoms with Gasteiger partial charge in [-0.2, -0.15) is 0 Å². The molecule has 0 aliphatic carbocycles. The monoisotopic (exact) mass is 493 g/mol. The van der Waals surface area contributed by atoms with Crippen LogP contribution in [0.25, 0.3) is 0 Å². The minimum atomic E-state index is -0.611. The van der Waals surface area contributed by atoms with Crippen LogP contribution in [0.3, 0.4) is 0 Å². The highest BCUT2D eigenvalue weighted by molar-refractivity contribution is 7.98. The number of H-pyrrole nitrogens is 1. The van der Waals surface area contributed by atoms with Gasteiger partial charge in [0.1, 0.15) is 5.82 Å². The lowest BCUT2D eigenvalue weighted by Gasteiger charge is -2.45. The van der Waals surface area contributed by atoms with Crippen LogP contribution >= 0.6 is 11.8 Å². The Hall–Kier alpha value is -3.10. The summed E-state index contributed by atoms with van der Waals surface area (Å²) in [5, 5.41) is 13.9. The summed E-state index contributed by atoms with van der Waals surface area (Å²) in [6, 6.07) is 13.8. The van der Waals surface area contributed by atoms with Crippen LogP contribution in [0.2, 0.25) is 0 Å². The maximum Gasteiger partial charge on any atom is 0.275 e. The summed E-state index contributed by atoms with van der Waals surface area (Å²) in [6.07, 6.45) is 2.31. The molecule has 2 aliphatic rings. The predicted molar refractivity (Wildman–Crippen MR) is 134 cm³/mol. The largest absolute Gasteiger partial charge is 0.503 e. The van der Waals surface area contributed by atoms with Crippen molar-refractivity contribution >= 4 is 17.7 Å². The number of benzene rings is 2. The van der Waals surface area contributed by atoms with Crippen molar-refractivity contribution in [2.24, 2.45) is 5.41 Å². The number of aromatic nitrogens is 1. The van der Waals surface area contributed by atoms with Gasteiger partial charge in [-0.3, -0.25) is 14.9 Å². The Morgan fingerprint density at radius 2 is 2.00 bits per heavy atom. The molecule has 3 aromatic rings. The van der Waals surface area contributed by atoms with E-state index < -0.39 is 29.3 Å². The zero-order valence-corrected chi connectivity index (χ0v) is 20.5. The molecule has 0 unspecified atom stereocenters. The predicted octanol–water partition coefficient (Wildman–Crippen LogP) is 4.79. The first kappa shape index (κ1) is 23.6. The molecule has 3 heterocycles. The molecule has 2 aliphatic heterocycles. The Morgan fingerprint density at radius 3 is 2.83 bits per heavy atom. The number of carbonyl (C=O) groups excluding carboxylic acids is 1. The molecule has 1 aromatic heterocycles. The average molecular weight is 494 g/mol. The van der Waals surface area contributed by atoms with Gasteiger partial charge < -0.3 is 15.0 Å². The third-order valence-corrected chi connectivity index (χ3v) is 8.10. The van der Waals surface area contributed by atoms with Crippen molar-refractivity contribution in [3.8, 4) is 5.75 Å². The quantitative estimate of drug-likeness (QED) is 0.488. The first-order valence-corrected chi connectivity index (χ1v) is 12.7. The molecule has 1 saturated heterocycles. The van der Waals surface area contributed by atoms with Crippen LogP contribution in [0.4, 0.5) is 4.39 Å². The number of thioether (sulfide) groups is 1. The molecule has 182 valence electrons. The fraction of sp³-hybridized carbons (Fsp3) is 0.333. The number of rotatable bonds is 3. The van der Waals surface area contributed by atoms with E-state index in [2.05, 4.69) is 24.1 Å². The third kappa shape index (κ3) is 4.48. The summed E-state index contributed by atoms with van der Waals surface area (Å²) >= 11 is 1.67. The number of hydrogen-bond acceptors (Lipinski definition) is 5.